The van der Waals surface area contributed by atoms with Gasteiger partial charge in [-0.25, -0.2) is 10.4 Å². The van der Waals surface area contributed by atoms with Gasteiger partial charge in [-0.1, -0.05) is 62.4 Å². The molecule has 5 nitrogen and oxygen atoms in total. The molecule has 2 aromatic heterocycles. The summed E-state index contributed by atoms with van der Waals surface area (Å²) in [7, 11) is 0. The van der Waals surface area contributed by atoms with Gasteiger partial charge in [0.25, 0.3) is 5.91 Å². The number of nitrogens with one attached hydrogen (secondary N) is 1. The largest absolute Gasteiger partial charge is 0.272 e. The van der Waals surface area contributed by atoms with E-state index in [0.717, 1.165) is 16.5 Å². The third-order valence-electron chi connectivity index (χ3n) is 4.87. The molecule has 4 rings (SSSR count). The van der Waals surface area contributed by atoms with Crippen molar-refractivity contribution in [2.24, 2.45) is 5.10 Å². The van der Waals surface area contributed by atoms with Gasteiger partial charge in [0.15, 0.2) is 0 Å². The average Bonchev–Trinajstić information content (AvgIpc) is 2.79. The summed E-state index contributed by atoms with van der Waals surface area (Å²) < 4.78 is 0. The molecule has 0 radical (unpaired) electrons. The fourth-order valence-electron chi connectivity index (χ4n) is 3.20. The number of benzene rings is 2. The van der Waals surface area contributed by atoms with Gasteiger partial charge in [-0.3, -0.25) is 9.78 Å². The van der Waals surface area contributed by atoms with E-state index in [9.17, 15) is 4.79 Å². The summed E-state index contributed by atoms with van der Waals surface area (Å²) in [5.41, 5.74) is 7.43. The standard InChI is InChI=1S/C25H22N4O/c1-17(2)19-12-10-18(11-13-19)16-27-29-25(30)21-15-24(23-9-5-6-14-26-23)28-22-8-4-3-7-20(21)22/h3-17H,1-2H3,(H,29,30)/b27-16-. The second-order valence-electron chi connectivity index (χ2n) is 7.31. The number of carbonyl (C=O) groups excluding carboxylic acids is 1. The number of nitrogens with zero attached hydrogens (tertiary/aromatic N) is 3. The van der Waals surface area contributed by atoms with Crippen LogP contribution >= 0.6 is 0 Å². The van der Waals surface area contributed by atoms with Gasteiger partial charge in [-0.05, 0) is 41.3 Å². The quantitative estimate of drug-likeness (QED) is 0.374. The topological polar surface area (TPSA) is 67.2 Å². The Labute approximate surface area is 175 Å². The maximum Gasteiger partial charge on any atom is 0.272 e. The van der Waals surface area contributed by atoms with Crippen molar-refractivity contribution in [3.8, 4) is 11.4 Å². The van der Waals surface area contributed by atoms with Gasteiger partial charge >= 0.3 is 0 Å². The van der Waals surface area contributed by atoms with Crippen LogP contribution in [-0.4, -0.2) is 22.1 Å². The summed E-state index contributed by atoms with van der Waals surface area (Å²) in [5, 5.41) is 4.91. The molecule has 0 aliphatic rings. The molecule has 2 aromatic carbocycles. The van der Waals surface area contributed by atoms with Gasteiger partial charge in [0.1, 0.15) is 0 Å². The van der Waals surface area contributed by atoms with Gasteiger partial charge in [0.2, 0.25) is 0 Å². The highest BCUT2D eigenvalue weighted by molar-refractivity contribution is 6.07. The molecule has 0 aliphatic carbocycles. The number of aromatic nitrogens is 2. The van der Waals surface area contributed by atoms with E-state index in [-0.39, 0.29) is 5.91 Å². The highest BCUT2D eigenvalue weighted by Crippen LogP contribution is 2.23. The summed E-state index contributed by atoms with van der Waals surface area (Å²) in [6, 6.07) is 23.1. The fourth-order valence-corrected chi connectivity index (χ4v) is 3.20. The van der Waals surface area contributed by atoms with E-state index in [1.807, 2.05) is 54.6 Å². The van der Waals surface area contributed by atoms with Gasteiger partial charge in [-0.15, -0.1) is 0 Å². The predicted molar refractivity (Wildman–Crippen MR) is 121 cm³/mol. The lowest BCUT2D eigenvalue weighted by molar-refractivity contribution is 0.0956. The third-order valence-corrected chi connectivity index (χ3v) is 4.87. The number of pyridine rings is 2. The number of hydrogen-bond acceptors (Lipinski definition) is 4. The van der Waals surface area contributed by atoms with Crippen LogP contribution in [0.25, 0.3) is 22.3 Å². The Kier molecular flexibility index (Phi) is 5.61. The maximum atomic E-state index is 12.9. The molecule has 0 saturated heterocycles. The number of para-hydroxylation sites is 1. The van der Waals surface area contributed by atoms with Gasteiger partial charge < -0.3 is 0 Å². The maximum absolute atomic E-state index is 12.9. The molecule has 0 fully saturated rings. The van der Waals surface area contributed by atoms with Crippen LogP contribution in [0, 0.1) is 0 Å². The van der Waals surface area contributed by atoms with E-state index in [1.54, 1.807) is 18.5 Å². The molecular weight excluding hydrogens is 372 g/mol. The van der Waals surface area contributed by atoms with Crippen molar-refractivity contribution in [3.05, 3.63) is 95.7 Å². The lowest BCUT2D eigenvalue weighted by atomic mass is 10.0. The van der Waals surface area contributed by atoms with Crippen LogP contribution in [0.4, 0.5) is 0 Å². The molecule has 0 unspecified atom stereocenters. The molecule has 0 saturated carbocycles. The van der Waals surface area contributed by atoms with E-state index in [2.05, 4.69) is 46.5 Å². The number of amides is 1. The van der Waals surface area contributed by atoms with Crippen LogP contribution in [0.2, 0.25) is 0 Å². The Morgan fingerprint density at radius 2 is 1.73 bits per heavy atom. The molecule has 2 heterocycles. The van der Waals surface area contributed by atoms with Crippen molar-refractivity contribution in [1.29, 1.82) is 0 Å². The minimum Gasteiger partial charge on any atom is -0.267 e. The monoisotopic (exact) mass is 394 g/mol. The molecule has 148 valence electrons. The fraction of sp³-hybridized carbons (Fsp3) is 0.120. The van der Waals surface area contributed by atoms with Crippen molar-refractivity contribution in [2.45, 2.75) is 19.8 Å². The molecule has 0 atom stereocenters. The first-order valence-electron chi connectivity index (χ1n) is 9.86. The molecule has 0 aliphatic heterocycles. The number of rotatable bonds is 5. The van der Waals surface area contributed by atoms with Crippen LogP contribution in [0.3, 0.4) is 0 Å². The lowest BCUT2D eigenvalue weighted by Gasteiger charge is -2.08. The van der Waals surface area contributed by atoms with Gasteiger partial charge in [-0.2, -0.15) is 5.10 Å². The SMILES string of the molecule is CC(C)c1ccc(/C=N\NC(=O)c2cc(-c3ccccn3)nc3ccccc23)cc1. The zero-order chi connectivity index (χ0) is 20.9. The molecule has 0 bridgehead atoms. The lowest BCUT2D eigenvalue weighted by Crippen LogP contribution is -2.18. The van der Waals surface area contributed by atoms with Crippen molar-refractivity contribution >= 4 is 23.0 Å². The summed E-state index contributed by atoms with van der Waals surface area (Å²) in [6.45, 7) is 4.31. The first kappa shape index (κ1) is 19.5. The van der Waals surface area contributed by atoms with Gasteiger partial charge in [0.05, 0.1) is 28.7 Å². The van der Waals surface area contributed by atoms with Crippen LogP contribution in [0.5, 0.6) is 0 Å². The van der Waals surface area contributed by atoms with E-state index < -0.39 is 0 Å². The molecule has 1 amide bonds. The van der Waals surface area contributed by atoms with Gasteiger partial charge in [0, 0.05) is 11.6 Å². The minimum atomic E-state index is -0.291. The molecule has 0 spiro atoms. The first-order valence-corrected chi connectivity index (χ1v) is 9.86. The summed E-state index contributed by atoms with van der Waals surface area (Å²) in [5.74, 6) is 0.185. The van der Waals surface area contributed by atoms with Crippen LogP contribution in [-0.2, 0) is 0 Å². The molecule has 4 aromatic rings. The number of fused-ring (bicyclic) bond motifs is 1. The Bertz CT molecular complexity index is 1200. The highest BCUT2D eigenvalue weighted by Gasteiger charge is 2.14. The van der Waals surface area contributed by atoms with E-state index >= 15 is 0 Å². The van der Waals surface area contributed by atoms with Crippen molar-refractivity contribution in [1.82, 2.24) is 15.4 Å². The summed E-state index contributed by atoms with van der Waals surface area (Å²) >= 11 is 0. The number of hydrazone groups is 1. The van der Waals surface area contributed by atoms with E-state index in [4.69, 9.17) is 0 Å². The Morgan fingerprint density at radius 1 is 0.967 bits per heavy atom. The summed E-state index contributed by atoms with van der Waals surface area (Å²) in [4.78, 5) is 21.9. The second kappa shape index (κ2) is 8.66. The smallest absolute Gasteiger partial charge is 0.267 e. The molecular formula is C25H22N4O. The Balaban J connectivity index is 1.61. The van der Waals surface area contributed by atoms with E-state index in [0.29, 0.717) is 22.9 Å². The predicted octanol–water partition coefficient (Wildman–Crippen LogP) is 5.18. The molecule has 5 heteroatoms. The zero-order valence-electron chi connectivity index (χ0n) is 16.9. The normalized spacial score (nSPS) is 11.3. The van der Waals surface area contributed by atoms with Crippen LogP contribution in [0.15, 0.2) is 84.1 Å². The Hall–Kier alpha value is -3.86. The second-order valence-corrected chi connectivity index (χ2v) is 7.31. The van der Waals surface area contributed by atoms with E-state index in [1.165, 1.54) is 5.56 Å². The average molecular weight is 394 g/mol. The highest BCUT2D eigenvalue weighted by atomic mass is 16.2. The van der Waals surface area contributed by atoms with Crippen LogP contribution < -0.4 is 5.43 Å². The Morgan fingerprint density at radius 3 is 2.47 bits per heavy atom. The number of hydrogen-bond donors (Lipinski definition) is 1. The summed E-state index contributed by atoms with van der Waals surface area (Å²) in [6.07, 6.45) is 3.35. The third kappa shape index (κ3) is 4.25. The molecule has 30 heavy (non-hydrogen) atoms. The number of carbonyl (C=O) groups is 1. The van der Waals surface area contributed by atoms with Crippen molar-refractivity contribution in [3.63, 3.8) is 0 Å². The van der Waals surface area contributed by atoms with Crippen LogP contribution in [0.1, 0.15) is 41.3 Å². The molecule has 1 N–H and O–H groups in total. The zero-order valence-corrected chi connectivity index (χ0v) is 16.9. The van der Waals surface area contributed by atoms with Crippen molar-refractivity contribution in [2.75, 3.05) is 0 Å². The first-order chi connectivity index (χ1) is 14.6. The minimum absolute atomic E-state index is 0.291. The van der Waals surface area contributed by atoms with Crippen molar-refractivity contribution < 1.29 is 4.79 Å².